The summed E-state index contributed by atoms with van der Waals surface area (Å²) in [5, 5.41) is 0. The number of hydrogen-bond donors (Lipinski definition) is 0. The van der Waals surface area contributed by atoms with Crippen LogP contribution in [0.25, 0.3) is 0 Å². The van der Waals surface area contributed by atoms with E-state index in [0.717, 1.165) is 12.2 Å². The van der Waals surface area contributed by atoms with Gasteiger partial charge >= 0.3 is 0 Å². The normalized spacial score (nSPS) is 12.7. The van der Waals surface area contributed by atoms with Crippen LogP contribution in [0.4, 0.5) is 0 Å². The summed E-state index contributed by atoms with van der Waals surface area (Å²) in [5.41, 5.74) is 1.46. The smallest absolute Gasteiger partial charge is 0.0181 e. The maximum atomic E-state index is 2.29. The zero-order valence-electron chi connectivity index (χ0n) is 10.9. The number of allylic oxidation sites excluding steroid dienone is 5. The molecule has 0 saturated heterocycles. The van der Waals surface area contributed by atoms with Crippen LogP contribution in [0, 0.1) is 0 Å². The first-order valence-corrected chi connectivity index (χ1v) is 7.19. The van der Waals surface area contributed by atoms with Crippen LogP contribution in [-0.2, 0) is 0 Å². The molecule has 0 spiro atoms. The first-order chi connectivity index (χ1) is 7.43. The summed E-state index contributed by atoms with van der Waals surface area (Å²) in [7, 11) is 0. The minimum Gasteiger partial charge on any atom is -0.158 e. The average Bonchev–Trinajstić information content (AvgIpc) is 2.60. The highest BCUT2D eigenvalue weighted by Gasteiger charge is 1.92. The van der Waals surface area contributed by atoms with Gasteiger partial charge in [-0.3, -0.25) is 0 Å². The molecule has 1 heteroatoms. The van der Waals surface area contributed by atoms with Crippen LogP contribution < -0.4 is 0 Å². The molecule has 0 N–H and O–H groups in total. The van der Waals surface area contributed by atoms with E-state index in [0.29, 0.717) is 0 Å². The molecule has 0 bridgehead atoms. The Balaban J connectivity index is 0. The van der Waals surface area contributed by atoms with E-state index < -0.39 is 0 Å². The van der Waals surface area contributed by atoms with E-state index in [-0.39, 0.29) is 0 Å². The SMILES string of the molecule is CC.CC.CCSCC1=CCC=CC=C1. The zero-order chi connectivity index (χ0) is 11.9. The van der Waals surface area contributed by atoms with Crippen molar-refractivity contribution in [3.8, 4) is 0 Å². The van der Waals surface area contributed by atoms with Gasteiger partial charge in [-0.25, -0.2) is 0 Å². The lowest BCUT2D eigenvalue weighted by Crippen LogP contribution is -1.82. The molecule has 0 fully saturated rings. The minimum absolute atomic E-state index is 1.09. The molecule has 0 aromatic rings. The van der Waals surface area contributed by atoms with Crippen molar-refractivity contribution in [3.63, 3.8) is 0 Å². The third-order valence-electron chi connectivity index (χ3n) is 1.55. The predicted octanol–water partition coefficient (Wildman–Crippen LogP) is 5.23. The lowest BCUT2D eigenvalue weighted by atomic mass is 10.2. The van der Waals surface area contributed by atoms with Gasteiger partial charge in [0.05, 0.1) is 0 Å². The summed E-state index contributed by atoms with van der Waals surface area (Å²) in [4.78, 5) is 0. The Labute approximate surface area is 101 Å². The highest BCUT2D eigenvalue weighted by molar-refractivity contribution is 7.99. The first kappa shape index (κ1) is 17.0. The van der Waals surface area contributed by atoms with E-state index in [4.69, 9.17) is 0 Å². The Bertz CT molecular complexity index is 188. The van der Waals surface area contributed by atoms with Gasteiger partial charge in [-0.15, -0.1) is 0 Å². The molecule has 0 radical (unpaired) electrons. The van der Waals surface area contributed by atoms with Crippen molar-refractivity contribution in [1.29, 1.82) is 0 Å². The van der Waals surface area contributed by atoms with Crippen molar-refractivity contribution in [1.82, 2.24) is 0 Å². The molecule has 1 aliphatic carbocycles. The van der Waals surface area contributed by atoms with E-state index in [9.17, 15) is 0 Å². The summed E-state index contributed by atoms with van der Waals surface area (Å²) in [5.74, 6) is 2.37. The van der Waals surface area contributed by atoms with Crippen LogP contribution in [0.1, 0.15) is 41.0 Å². The van der Waals surface area contributed by atoms with Gasteiger partial charge in [-0.2, -0.15) is 11.8 Å². The lowest BCUT2D eigenvalue weighted by molar-refractivity contribution is 1.35. The van der Waals surface area contributed by atoms with Crippen molar-refractivity contribution in [3.05, 3.63) is 36.0 Å². The quantitative estimate of drug-likeness (QED) is 0.634. The van der Waals surface area contributed by atoms with Crippen LogP contribution in [-0.4, -0.2) is 11.5 Å². The molecule has 0 nitrogen and oxygen atoms in total. The highest BCUT2D eigenvalue weighted by atomic mass is 32.2. The number of thioether (sulfide) groups is 1. The molecule has 0 saturated carbocycles. The van der Waals surface area contributed by atoms with E-state index in [2.05, 4.69) is 37.3 Å². The summed E-state index contributed by atoms with van der Waals surface area (Å²) < 4.78 is 0. The van der Waals surface area contributed by atoms with Crippen molar-refractivity contribution >= 4 is 11.8 Å². The highest BCUT2D eigenvalue weighted by Crippen LogP contribution is 2.11. The fraction of sp³-hybridized carbons (Fsp3) is 0.571. The molecule has 1 rings (SSSR count). The van der Waals surface area contributed by atoms with Gasteiger partial charge in [0.2, 0.25) is 0 Å². The number of hydrogen-bond acceptors (Lipinski definition) is 1. The Morgan fingerprint density at radius 1 is 1.13 bits per heavy atom. The van der Waals surface area contributed by atoms with Gasteiger partial charge in [-0.1, -0.05) is 65.0 Å². The first-order valence-electron chi connectivity index (χ1n) is 6.03. The second-order valence-electron chi connectivity index (χ2n) is 2.44. The monoisotopic (exact) mass is 226 g/mol. The van der Waals surface area contributed by atoms with Crippen molar-refractivity contribution in [2.45, 2.75) is 41.0 Å². The average molecular weight is 226 g/mol. The Morgan fingerprint density at radius 2 is 1.80 bits per heavy atom. The second-order valence-corrected chi connectivity index (χ2v) is 3.71. The van der Waals surface area contributed by atoms with E-state index in [1.165, 1.54) is 11.3 Å². The molecule has 15 heavy (non-hydrogen) atoms. The van der Waals surface area contributed by atoms with E-state index in [1.807, 2.05) is 39.5 Å². The van der Waals surface area contributed by atoms with Crippen LogP contribution in [0.5, 0.6) is 0 Å². The van der Waals surface area contributed by atoms with Gasteiger partial charge in [0.15, 0.2) is 0 Å². The van der Waals surface area contributed by atoms with Crippen LogP contribution in [0.3, 0.4) is 0 Å². The molecular weight excluding hydrogens is 200 g/mol. The molecule has 0 aromatic carbocycles. The van der Waals surface area contributed by atoms with Gasteiger partial charge in [0, 0.05) is 5.75 Å². The molecule has 0 aliphatic heterocycles. The van der Waals surface area contributed by atoms with Crippen LogP contribution in [0.2, 0.25) is 0 Å². The molecule has 88 valence electrons. The topological polar surface area (TPSA) is 0 Å². The number of rotatable bonds is 3. The van der Waals surface area contributed by atoms with Gasteiger partial charge < -0.3 is 0 Å². The third kappa shape index (κ3) is 11.5. The van der Waals surface area contributed by atoms with E-state index in [1.54, 1.807) is 0 Å². The molecule has 0 atom stereocenters. The fourth-order valence-electron chi connectivity index (χ4n) is 0.951. The van der Waals surface area contributed by atoms with Crippen molar-refractivity contribution in [2.24, 2.45) is 0 Å². The Kier molecular flexibility index (Phi) is 18.1. The van der Waals surface area contributed by atoms with E-state index >= 15 is 0 Å². The molecule has 0 amide bonds. The summed E-state index contributed by atoms with van der Waals surface area (Å²) in [6.45, 7) is 10.2. The summed E-state index contributed by atoms with van der Waals surface area (Å²) in [6.07, 6.45) is 12.0. The van der Waals surface area contributed by atoms with Crippen LogP contribution in [0.15, 0.2) is 36.0 Å². The largest absolute Gasteiger partial charge is 0.158 e. The standard InChI is InChI=1S/C10H14S.2C2H6/c1-2-11-9-10-7-5-3-4-6-8-10;2*1-2/h3-5,7-8H,2,6,9H2,1H3;2*1-2H3. The summed E-state index contributed by atoms with van der Waals surface area (Å²) in [6, 6.07) is 0. The van der Waals surface area contributed by atoms with Gasteiger partial charge in [0.1, 0.15) is 0 Å². The maximum absolute atomic E-state index is 2.29. The molecular formula is C14H26S. The van der Waals surface area contributed by atoms with Gasteiger partial charge in [-0.05, 0) is 17.7 Å². The molecule has 0 unspecified atom stereocenters. The Morgan fingerprint density at radius 3 is 2.40 bits per heavy atom. The third-order valence-corrected chi connectivity index (χ3v) is 2.49. The molecule has 0 heterocycles. The fourth-order valence-corrected chi connectivity index (χ4v) is 1.60. The zero-order valence-corrected chi connectivity index (χ0v) is 11.7. The van der Waals surface area contributed by atoms with Crippen molar-refractivity contribution in [2.75, 3.05) is 11.5 Å². The van der Waals surface area contributed by atoms with Crippen LogP contribution >= 0.6 is 11.8 Å². The molecule has 1 aliphatic rings. The predicted molar refractivity (Wildman–Crippen MR) is 76.7 cm³/mol. The van der Waals surface area contributed by atoms with Gasteiger partial charge in [0.25, 0.3) is 0 Å². The Hall–Kier alpha value is -0.430. The minimum atomic E-state index is 1.09. The van der Waals surface area contributed by atoms with Crippen molar-refractivity contribution < 1.29 is 0 Å². The second kappa shape index (κ2) is 16.0. The lowest BCUT2D eigenvalue weighted by Gasteiger charge is -1.97. The summed E-state index contributed by atoms with van der Waals surface area (Å²) >= 11 is 1.98. The maximum Gasteiger partial charge on any atom is 0.0181 e. The molecule has 0 aromatic heterocycles.